The first-order valence-corrected chi connectivity index (χ1v) is 8.94. The van der Waals surface area contributed by atoms with Crippen molar-refractivity contribution in [1.82, 2.24) is 4.90 Å². The van der Waals surface area contributed by atoms with Gasteiger partial charge in [0.25, 0.3) is 0 Å². The maximum atomic E-state index is 6.04. The summed E-state index contributed by atoms with van der Waals surface area (Å²) < 4.78 is 2.31. The first kappa shape index (κ1) is 15.0. The molecule has 1 saturated heterocycles. The SMILES string of the molecule is CC1CCCCCN1C(CN)c1cc(Br)c(Br)s1. The second-order valence-electron chi connectivity index (χ2n) is 4.96. The van der Waals surface area contributed by atoms with Crippen molar-refractivity contribution in [2.75, 3.05) is 13.1 Å². The van der Waals surface area contributed by atoms with E-state index in [1.54, 1.807) is 11.3 Å². The van der Waals surface area contributed by atoms with Crippen LogP contribution < -0.4 is 5.73 Å². The topological polar surface area (TPSA) is 29.3 Å². The Morgan fingerprint density at radius 2 is 2.22 bits per heavy atom. The second-order valence-corrected chi connectivity index (χ2v) is 8.21. The van der Waals surface area contributed by atoms with E-state index in [1.165, 1.54) is 40.9 Å². The van der Waals surface area contributed by atoms with Crippen LogP contribution in [0.25, 0.3) is 0 Å². The Kier molecular flexibility index (Phi) is 5.69. The molecule has 18 heavy (non-hydrogen) atoms. The third kappa shape index (κ3) is 3.37. The first-order valence-electron chi connectivity index (χ1n) is 6.54. The van der Waals surface area contributed by atoms with Gasteiger partial charge in [-0.2, -0.15) is 0 Å². The molecule has 1 aromatic rings. The van der Waals surface area contributed by atoms with Gasteiger partial charge in [-0.1, -0.05) is 12.8 Å². The van der Waals surface area contributed by atoms with Crippen LogP contribution in [0, 0.1) is 0 Å². The summed E-state index contributed by atoms with van der Waals surface area (Å²) in [5, 5.41) is 0. The van der Waals surface area contributed by atoms with Crippen LogP contribution in [0.2, 0.25) is 0 Å². The van der Waals surface area contributed by atoms with Gasteiger partial charge in [0.15, 0.2) is 0 Å². The summed E-state index contributed by atoms with van der Waals surface area (Å²) in [5.41, 5.74) is 6.04. The van der Waals surface area contributed by atoms with Crippen LogP contribution in [-0.2, 0) is 0 Å². The summed E-state index contributed by atoms with van der Waals surface area (Å²) in [5.74, 6) is 0. The zero-order chi connectivity index (χ0) is 13.1. The van der Waals surface area contributed by atoms with E-state index >= 15 is 0 Å². The molecule has 2 atom stereocenters. The molecule has 1 fully saturated rings. The van der Waals surface area contributed by atoms with Crippen molar-refractivity contribution in [2.45, 2.75) is 44.7 Å². The largest absolute Gasteiger partial charge is 0.329 e. The molecule has 2 nitrogen and oxygen atoms in total. The van der Waals surface area contributed by atoms with Crippen LogP contribution in [0.3, 0.4) is 0 Å². The Labute approximate surface area is 130 Å². The smallest absolute Gasteiger partial charge is 0.0843 e. The van der Waals surface area contributed by atoms with Gasteiger partial charge in [0.2, 0.25) is 0 Å². The van der Waals surface area contributed by atoms with Crippen molar-refractivity contribution in [1.29, 1.82) is 0 Å². The predicted molar refractivity (Wildman–Crippen MR) is 86.2 cm³/mol. The van der Waals surface area contributed by atoms with E-state index in [-0.39, 0.29) is 0 Å². The number of thiophene rings is 1. The lowest BCUT2D eigenvalue weighted by molar-refractivity contribution is 0.153. The normalized spacial score (nSPS) is 23.9. The molecule has 2 heterocycles. The summed E-state index contributed by atoms with van der Waals surface area (Å²) in [6, 6.07) is 3.22. The number of likely N-dealkylation sites (tertiary alicyclic amines) is 1. The van der Waals surface area contributed by atoms with Gasteiger partial charge in [0.1, 0.15) is 0 Å². The monoisotopic (exact) mass is 394 g/mol. The summed E-state index contributed by atoms with van der Waals surface area (Å²) in [6.45, 7) is 4.21. The summed E-state index contributed by atoms with van der Waals surface area (Å²) in [4.78, 5) is 3.96. The number of halogens is 2. The Bertz CT molecular complexity index is 375. The van der Waals surface area contributed by atoms with Gasteiger partial charge in [-0.05, 0) is 64.2 Å². The number of hydrogen-bond acceptors (Lipinski definition) is 3. The maximum absolute atomic E-state index is 6.04. The number of nitrogens with zero attached hydrogens (tertiary/aromatic N) is 1. The lowest BCUT2D eigenvalue weighted by Crippen LogP contribution is -2.39. The van der Waals surface area contributed by atoms with Gasteiger partial charge in [0.05, 0.1) is 9.83 Å². The van der Waals surface area contributed by atoms with Crippen molar-refractivity contribution in [2.24, 2.45) is 5.73 Å². The number of nitrogens with two attached hydrogens (primary N) is 1. The highest BCUT2D eigenvalue weighted by Crippen LogP contribution is 2.38. The predicted octanol–water partition coefficient (Wildman–Crippen LogP) is 4.54. The number of rotatable bonds is 3. The molecule has 0 bridgehead atoms. The minimum Gasteiger partial charge on any atom is -0.329 e. The van der Waals surface area contributed by atoms with Gasteiger partial charge >= 0.3 is 0 Å². The molecule has 2 unspecified atom stereocenters. The summed E-state index contributed by atoms with van der Waals surface area (Å²) in [6.07, 6.45) is 5.31. The standard InChI is InChI=1S/C13H20Br2N2S/c1-9-5-3-2-4-6-17(9)11(8-16)12-7-10(14)13(15)18-12/h7,9,11H,2-6,8,16H2,1H3. The van der Waals surface area contributed by atoms with Crippen LogP contribution in [0.4, 0.5) is 0 Å². The van der Waals surface area contributed by atoms with Crippen LogP contribution in [-0.4, -0.2) is 24.0 Å². The first-order chi connectivity index (χ1) is 8.63. The fourth-order valence-electron chi connectivity index (χ4n) is 2.70. The molecule has 0 saturated carbocycles. The van der Waals surface area contributed by atoms with Crippen molar-refractivity contribution in [3.05, 3.63) is 19.2 Å². The summed E-state index contributed by atoms with van der Waals surface area (Å²) in [7, 11) is 0. The van der Waals surface area contributed by atoms with E-state index < -0.39 is 0 Å². The van der Waals surface area contributed by atoms with E-state index in [0.717, 1.165) is 4.47 Å². The molecule has 0 amide bonds. The van der Waals surface area contributed by atoms with Crippen LogP contribution in [0.15, 0.2) is 14.3 Å². The van der Waals surface area contributed by atoms with Crippen molar-refractivity contribution >= 4 is 43.2 Å². The zero-order valence-electron chi connectivity index (χ0n) is 10.7. The Morgan fingerprint density at radius 3 is 2.83 bits per heavy atom. The average Bonchev–Trinajstić information content (AvgIpc) is 2.54. The molecule has 5 heteroatoms. The van der Waals surface area contributed by atoms with Gasteiger partial charge < -0.3 is 5.73 Å². The Hall–Kier alpha value is 0.580. The number of hydrogen-bond donors (Lipinski definition) is 1. The second kappa shape index (κ2) is 6.84. The molecule has 102 valence electrons. The third-order valence-corrected chi connectivity index (χ3v) is 7.08. The molecule has 1 aromatic heterocycles. The van der Waals surface area contributed by atoms with Crippen molar-refractivity contribution in [3.8, 4) is 0 Å². The van der Waals surface area contributed by atoms with E-state index in [2.05, 4.69) is 49.7 Å². The van der Waals surface area contributed by atoms with Gasteiger partial charge in [-0.3, -0.25) is 4.90 Å². The molecule has 0 radical (unpaired) electrons. The zero-order valence-corrected chi connectivity index (χ0v) is 14.7. The molecule has 2 rings (SSSR count). The third-order valence-electron chi connectivity index (χ3n) is 3.72. The van der Waals surface area contributed by atoms with Crippen molar-refractivity contribution < 1.29 is 0 Å². The quantitative estimate of drug-likeness (QED) is 0.813. The fourth-order valence-corrected chi connectivity index (χ4v) is 4.93. The molecule has 0 aromatic carbocycles. The fraction of sp³-hybridized carbons (Fsp3) is 0.692. The maximum Gasteiger partial charge on any atom is 0.0843 e. The van der Waals surface area contributed by atoms with E-state index in [0.29, 0.717) is 18.6 Å². The molecular formula is C13H20Br2N2S. The molecule has 1 aliphatic rings. The van der Waals surface area contributed by atoms with Gasteiger partial charge in [-0.15, -0.1) is 11.3 Å². The van der Waals surface area contributed by atoms with Gasteiger partial charge in [0, 0.05) is 21.9 Å². The highest BCUT2D eigenvalue weighted by molar-refractivity contribution is 9.13. The lowest BCUT2D eigenvalue weighted by atomic mass is 10.1. The molecule has 0 aliphatic carbocycles. The summed E-state index contributed by atoms with van der Waals surface area (Å²) >= 11 is 8.95. The van der Waals surface area contributed by atoms with E-state index in [1.807, 2.05) is 0 Å². The van der Waals surface area contributed by atoms with E-state index in [4.69, 9.17) is 5.73 Å². The van der Waals surface area contributed by atoms with E-state index in [9.17, 15) is 0 Å². The van der Waals surface area contributed by atoms with Crippen molar-refractivity contribution in [3.63, 3.8) is 0 Å². The molecule has 0 spiro atoms. The molecule has 2 N–H and O–H groups in total. The lowest BCUT2D eigenvalue weighted by Gasteiger charge is -2.34. The van der Waals surface area contributed by atoms with Crippen LogP contribution in [0.5, 0.6) is 0 Å². The Balaban J connectivity index is 2.20. The Morgan fingerprint density at radius 1 is 1.44 bits per heavy atom. The molecule has 1 aliphatic heterocycles. The minimum atomic E-state index is 0.366. The highest BCUT2D eigenvalue weighted by Gasteiger charge is 2.26. The highest BCUT2D eigenvalue weighted by atomic mass is 79.9. The molecular weight excluding hydrogens is 376 g/mol. The minimum absolute atomic E-state index is 0.366. The average molecular weight is 396 g/mol. The van der Waals surface area contributed by atoms with Crippen LogP contribution >= 0.6 is 43.2 Å². The van der Waals surface area contributed by atoms with Gasteiger partial charge in [-0.25, -0.2) is 0 Å². The van der Waals surface area contributed by atoms with Crippen LogP contribution in [0.1, 0.15) is 43.5 Å².